The maximum atomic E-state index is 6.15. The van der Waals surface area contributed by atoms with Gasteiger partial charge in [0, 0.05) is 34.8 Å². The standard InChI is InChI=1S/C38H34N2O4P2.C14H16N2.ClH.Ru/c1-41-33-25-31(45(27-17-9-5-10-18-27)28-19-11-6-12-20-28)35(37(39-33)43-3)36-32(26-34(42-2)40-38(36)44-4)46(29-21-13-7-14-22-29)30-23-15-8-16-24-30;15-13(11-7-3-1-4-8-11)14(16)12-9-5-2-6-10-12;;/h5-26H,1-4H3;1-10,13-14H,15-16H2;1H;/q;;;+2/p-1/t;13-,14-;;/m.0../s1. The van der Waals surface area contributed by atoms with E-state index < -0.39 is 15.8 Å². The van der Waals surface area contributed by atoms with Crippen LogP contribution < -0.4 is 74.6 Å². The van der Waals surface area contributed by atoms with E-state index in [4.69, 9.17) is 40.4 Å². The van der Waals surface area contributed by atoms with Crippen molar-refractivity contribution in [3.63, 3.8) is 0 Å². The SMILES string of the molecule is COc1cc(P(c2ccccc2)c2ccccc2)c(-c2c(P(c3ccccc3)c3ccccc3)cc(OC)nc2OC)c(OC)n1.N[C@@H](c1ccccc1)[C@@H](N)c1ccccc1.[Cl-].[Ru+2]. The number of hydrogen-bond acceptors (Lipinski definition) is 8. The van der Waals surface area contributed by atoms with Crippen molar-refractivity contribution < 1.29 is 50.8 Å². The zero-order chi connectivity index (χ0) is 43.3. The van der Waals surface area contributed by atoms with Crippen LogP contribution in [0.25, 0.3) is 11.1 Å². The zero-order valence-electron chi connectivity index (χ0n) is 35.9. The molecular formula is C52H50ClN4O4P2Ru+. The molecule has 0 radical (unpaired) electrons. The number of benzene rings is 6. The van der Waals surface area contributed by atoms with Crippen LogP contribution in [0.1, 0.15) is 23.2 Å². The molecule has 2 heterocycles. The van der Waals surface area contributed by atoms with Crippen molar-refractivity contribution in [3.8, 4) is 34.6 Å². The van der Waals surface area contributed by atoms with E-state index in [0.29, 0.717) is 23.5 Å². The Bertz CT molecular complexity index is 2360. The Morgan fingerprint density at radius 2 is 0.641 bits per heavy atom. The number of nitrogens with zero attached hydrogens (tertiary/aromatic N) is 2. The normalized spacial score (nSPS) is 11.5. The Morgan fingerprint density at radius 1 is 0.391 bits per heavy atom. The van der Waals surface area contributed by atoms with Gasteiger partial charge in [-0.15, -0.1) is 0 Å². The zero-order valence-corrected chi connectivity index (χ0v) is 40.2. The first kappa shape index (κ1) is 49.5. The molecule has 0 saturated heterocycles. The number of halogens is 1. The van der Waals surface area contributed by atoms with Crippen molar-refractivity contribution in [2.75, 3.05) is 28.4 Å². The van der Waals surface area contributed by atoms with Gasteiger partial charge in [-0.25, -0.2) is 0 Å². The molecule has 4 N–H and O–H groups in total. The smallest absolute Gasteiger partial charge is 1.00 e. The van der Waals surface area contributed by atoms with Crippen molar-refractivity contribution in [2.45, 2.75) is 12.1 Å². The predicted octanol–water partition coefficient (Wildman–Crippen LogP) is 5.08. The average Bonchev–Trinajstić information content (AvgIpc) is 3.35. The van der Waals surface area contributed by atoms with E-state index in [2.05, 4.69) is 97.1 Å². The van der Waals surface area contributed by atoms with Gasteiger partial charge in [0.25, 0.3) is 0 Å². The summed E-state index contributed by atoms with van der Waals surface area (Å²) in [5.41, 5.74) is 16.0. The van der Waals surface area contributed by atoms with Gasteiger partial charge in [-0.1, -0.05) is 182 Å². The van der Waals surface area contributed by atoms with Gasteiger partial charge in [0.2, 0.25) is 23.5 Å². The Labute approximate surface area is 398 Å². The summed E-state index contributed by atoms with van der Waals surface area (Å²) in [6.45, 7) is 0. The van der Waals surface area contributed by atoms with Gasteiger partial charge in [0.05, 0.1) is 39.6 Å². The maximum absolute atomic E-state index is 6.15. The summed E-state index contributed by atoms with van der Waals surface area (Å²) in [6, 6.07) is 65.8. The third-order valence-corrected chi connectivity index (χ3v) is 15.2. The summed E-state index contributed by atoms with van der Waals surface area (Å²) in [5, 5.41) is 6.73. The third kappa shape index (κ3) is 11.6. The van der Waals surface area contributed by atoms with Gasteiger partial charge in [-0.3, -0.25) is 0 Å². The van der Waals surface area contributed by atoms with Crippen LogP contribution >= 0.6 is 15.8 Å². The molecule has 0 amide bonds. The minimum Gasteiger partial charge on any atom is -1.00 e. The fraction of sp³-hybridized carbons (Fsp3) is 0.115. The number of methoxy groups -OCH3 is 4. The second-order valence-corrected chi connectivity index (χ2v) is 18.4. The number of pyridine rings is 2. The van der Waals surface area contributed by atoms with Crippen LogP contribution in [-0.2, 0) is 19.5 Å². The Hall–Kier alpha value is -5.49. The van der Waals surface area contributed by atoms with Gasteiger partial charge in [0.15, 0.2) is 0 Å². The van der Waals surface area contributed by atoms with Crippen LogP contribution in [0.2, 0.25) is 0 Å². The molecule has 0 saturated carbocycles. The molecular weight excluding hydrogens is 943 g/mol. The fourth-order valence-corrected chi connectivity index (χ4v) is 12.2. The molecule has 0 aliphatic rings. The molecule has 6 aromatic carbocycles. The Morgan fingerprint density at radius 3 is 0.875 bits per heavy atom. The number of ether oxygens (including phenoxy) is 4. The summed E-state index contributed by atoms with van der Waals surface area (Å²) in [6.07, 6.45) is 0. The van der Waals surface area contributed by atoms with E-state index in [1.165, 1.54) is 21.2 Å². The first-order valence-corrected chi connectivity index (χ1v) is 22.8. The number of rotatable bonds is 14. The van der Waals surface area contributed by atoms with Crippen molar-refractivity contribution in [1.82, 2.24) is 9.97 Å². The summed E-state index contributed by atoms with van der Waals surface area (Å²) >= 11 is 0. The molecule has 2 atom stereocenters. The molecule has 0 unspecified atom stereocenters. The fourth-order valence-electron chi connectivity index (χ4n) is 7.23. The average molecular weight is 993 g/mol. The van der Waals surface area contributed by atoms with Crippen LogP contribution in [0, 0.1) is 0 Å². The van der Waals surface area contributed by atoms with Crippen molar-refractivity contribution in [3.05, 3.63) is 205 Å². The second-order valence-electron chi connectivity index (χ2n) is 14.0. The predicted molar refractivity (Wildman–Crippen MR) is 258 cm³/mol. The van der Waals surface area contributed by atoms with Gasteiger partial charge >= 0.3 is 19.5 Å². The van der Waals surface area contributed by atoms with E-state index >= 15 is 0 Å². The first-order chi connectivity index (χ1) is 30.4. The molecule has 12 heteroatoms. The van der Waals surface area contributed by atoms with E-state index in [9.17, 15) is 0 Å². The van der Waals surface area contributed by atoms with Crippen LogP contribution in [0.4, 0.5) is 0 Å². The number of aromatic nitrogens is 2. The van der Waals surface area contributed by atoms with E-state index in [1.807, 2.05) is 97.1 Å². The van der Waals surface area contributed by atoms with Crippen LogP contribution in [0.5, 0.6) is 23.5 Å². The van der Waals surface area contributed by atoms with E-state index in [-0.39, 0.29) is 44.0 Å². The van der Waals surface area contributed by atoms with Gasteiger partial charge in [-0.2, -0.15) is 9.97 Å². The molecule has 8 aromatic rings. The monoisotopic (exact) mass is 993 g/mol. The first-order valence-electron chi connectivity index (χ1n) is 20.1. The summed E-state index contributed by atoms with van der Waals surface area (Å²) in [5.74, 6) is 1.78. The summed E-state index contributed by atoms with van der Waals surface area (Å²) in [7, 11) is 4.32. The van der Waals surface area contributed by atoms with E-state index in [0.717, 1.165) is 32.9 Å². The van der Waals surface area contributed by atoms with Crippen molar-refractivity contribution >= 4 is 47.7 Å². The topological polar surface area (TPSA) is 115 Å². The summed E-state index contributed by atoms with van der Waals surface area (Å²) < 4.78 is 23.8. The molecule has 0 bridgehead atoms. The van der Waals surface area contributed by atoms with Gasteiger partial charge in [0.1, 0.15) is 0 Å². The largest absolute Gasteiger partial charge is 2.00 e. The Kier molecular flexibility index (Phi) is 19.0. The molecule has 8 nitrogen and oxygen atoms in total. The second kappa shape index (κ2) is 24.5. The number of nitrogens with two attached hydrogens (primary N) is 2. The van der Waals surface area contributed by atoms with E-state index in [1.54, 1.807) is 28.4 Å². The molecule has 0 aliphatic carbocycles. The number of hydrogen-bond donors (Lipinski definition) is 2. The quantitative estimate of drug-likeness (QED) is 0.115. The minimum atomic E-state index is -1.11. The molecule has 0 spiro atoms. The van der Waals surface area contributed by atoms with Gasteiger partial charge < -0.3 is 42.8 Å². The van der Waals surface area contributed by atoms with Crippen molar-refractivity contribution in [1.29, 1.82) is 0 Å². The van der Waals surface area contributed by atoms with Crippen molar-refractivity contribution in [2.24, 2.45) is 11.5 Å². The van der Waals surface area contributed by atoms with Crippen LogP contribution in [0.15, 0.2) is 194 Å². The van der Waals surface area contributed by atoms with Crippen LogP contribution in [0.3, 0.4) is 0 Å². The molecule has 326 valence electrons. The molecule has 0 aliphatic heterocycles. The van der Waals surface area contributed by atoms with Gasteiger partial charge in [-0.05, 0) is 48.2 Å². The third-order valence-electron chi connectivity index (χ3n) is 10.2. The maximum Gasteiger partial charge on any atom is 2.00 e. The molecule has 2 aromatic heterocycles. The Balaban J connectivity index is 0.000000361. The molecule has 0 fully saturated rings. The minimum absolute atomic E-state index is 0. The van der Waals surface area contributed by atoms with Crippen LogP contribution in [-0.4, -0.2) is 38.4 Å². The summed E-state index contributed by atoms with van der Waals surface area (Å²) in [4.78, 5) is 9.68. The molecule has 64 heavy (non-hydrogen) atoms. The molecule has 8 rings (SSSR count).